The summed E-state index contributed by atoms with van der Waals surface area (Å²) in [5.74, 6) is 1.48. The lowest BCUT2D eigenvalue weighted by Gasteiger charge is -2.57. The summed E-state index contributed by atoms with van der Waals surface area (Å²) in [5, 5.41) is 21.5. The molecule has 0 aliphatic heterocycles. The topological polar surface area (TPSA) is 40.5 Å². The first-order valence-electron chi connectivity index (χ1n) is 11.3. The van der Waals surface area contributed by atoms with E-state index in [-0.39, 0.29) is 22.8 Å². The predicted octanol–water partition coefficient (Wildman–Crippen LogP) is 5.50. The standard InChI is InChI=1S/C26H33FO2/c1-25-10-8-20(28)15-18(25)6-7-21-22(25)9-11-26(2)23(21)14-17(24(26)29)12-16-4-3-5-19(27)13-16/h3-6,12-13,20-24,28-29H,7-11,14-15H2,1-2H3/b17-12+/t20-,21-,22+,23+,24-,25+,26+/m1/s1. The van der Waals surface area contributed by atoms with E-state index in [1.54, 1.807) is 12.1 Å². The second-order valence-electron chi connectivity index (χ2n) is 10.6. The van der Waals surface area contributed by atoms with E-state index in [2.05, 4.69) is 19.9 Å². The van der Waals surface area contributed by atoms with Gasteiger partial charge in [-0.1, -0.05) is 43.7 Å². The molecule has 1 aromatic carbocycles. The van der Waals surface area contributed by atoms with Crippen molar-refractivity contribution in [2.75, 3.05) is 0 Å². The van der Waals surface area contributed by atoms with E-state index in [9.17, 15) is 14.6 Å². The Morgan fingerprint density at radius 2 is 1.90 bits per heavy atom. The summed E-state index contributed by atoms with van der Waals surface area (Å²) in [4.78, 5) is 0. The van der Waals surface area contributed by atoms with E-state index < -0.39 is 6.10 Å². The van der Waals surface area contributed by atoms with Crippen molar-refractivity contribution in [3.8, 4) is 0 Å². The van der Waals surface area contributed by atoms with Crippen LogP contribution in [0, 0.1) is 34.4 Å². The fourth-order valence-corrected chi connectivity index (χ4v) is 7.45. The molecule has 0 amide bonds. The highest BCUT2D eigenvalue weighted by Gasteiger charge is 2.59. The maximum atomic E-state index is 13.6. The molecular weight excluding hydrogens is 363 g/mol. The third-order valence-corrected chi connectivity index (χ3v) is 9.15. The lowest BCUT2D eigenvalue weighted by atomic mass is 9.48. The monoisotopic (exact) mass is 396 g/mol. The molecule has 29 heavy (non-hydrogen) atoms. The molecule has 3 saturated carbocycles. The number of rotatable bonds is 1. The van der Waals surface area contributed by atoms with Crippen LogP contribution in [0.3, 0.4) is 0 Å². The van der Waals surface area contributed by atoms with Gasteiger partial charge in [0, 0.05) is 5.41 Å². The molecule has 3 fully saturated rings. The average molecular weight is 397 g/mol. The van der Waals surface area contributed by atoms with Gasteiger partial charge in [-0.05, 0) is 91.4 Å². The molecule has 3 heteroatoms. The molecule has 156 valence electrons. The largest absolute Gasteiger partial charge is 0.393 e. The third-order valence-electron chi connectivity index (χ3n) is 9.15. The smallest absolute Gasteiger partial charge is 0.123 e. The Balaban J connectivity index is 1.47. The number of hydrogen-bond acceptors (Lipinski definition) is 2. The lowest BCUT2D eigenvalue weighted by Crippen LogP contribution is -2.51. The molecular formula is C26H33FO2. The summed E-state index contributed by atoms with van der Waals surface area (Å²) in [6, 6.07) is 6.67. The molecule has 0 unspecified atom stereocenters. The Bertz CT molecular complexity index is 873. The second-order valence-corrected chi connectivity index (χ2v) is 10.6. The van der Waals surface area contributed by atoms with Crippen LogP contribution in [-0.2, 0) is 0 Å². The van der Waals surface area contributed by atoms with Crippen molar-refractivity contribution in [3.05, 3.63) is 52.9 Å². The first-order chi connectivity index (χ1) is 13.8. The maximum absolute atomic E-state index is 13.6. The van der Waals surface area contributed by atoms with Crippen molar-refractivity contribution in [2.24, 2.45) is 28.6 Å². The number of halogens is 1. The summed E-state index contributed by atoms with van der Waals surface area (Å²) >= 11 is 0. The van der Waals surface area contributed by atoms with E-state index in [1.165, 1.54) is 11.6 Å². The van der Waals surface area contributed by atoms with Crippen molar-refractivity contribution in [2.45, 2.75) is 71.0 Å². The van der Waals surface area contributed by atoms with Gasteiger partial charge in [0.1, 0.15) is 5.82 Å². The highest BCUT2D eigenvalue weighted by molar-refractivity contribution is 5.55. The van der Waals surface area contributed by atoms with Crippen LogP contribution in [0.5, 0.6) is 0 Å². The normalized spacial score (nSPS) is 45.3. The van der Waals surface area contributed by atoms with Crippen molar-refractivity contribution < 1.29 is 14.6 Å². The molecule has 0 aromatic heterocycles. The zero-order chi connectivity index (χ0) is 20.4. The summed E-state index contributed by atoms with van der Waals surface area (Å²) in [6.45, 7) is 4.70. The molecule has 0 heterocycles. The third kappa shape index (κ3) is 2.96. The Morgan fingerprint density at radius 3 is 2.69 bits per heavy atom. The van der Waals surface area contributed by atoms with Crippen LogP contribution in [0.1, 0.15) is 64.4 Å². The molecule has 5 rings (SSSR count). The van der Waals surface area contributed by atoms with Crippen LogP contribution >= 0.6 is 0 Å². The number of fused-ring (bicyclic) bond motifs is 5. The van der Waals surface area contributed by atoms with Crippen LogP contribution in [-0.4, -0.2) is 22.4 Å². The summed E-state index contributed by atoms with van der Waals surface area (Å²) in [6.07, 6.45) is 10.9. The van der Waals surface area contributed by atoms with Crippen molar-refractivity contribution in [3.63, 3.8) is 0 Å². The van der Waals surface area contributed by atoms with Gasteiger partial charge in [-0.15, -0.1) is 0 Å². The zero-order valence-electron chi connectivity index (χ0n) is 17.6. The predicted molar refractivity (Wildman–Crippen MR) is 113 cm³/mol. The van der Waals surface area contributed by atoms with E-state index in [0.29, 0.717) is 17.8 Å². The fourth-order valence-electron chi connectivity index (χ4n) is 7.45. The van der Waals surface area contributed by atoms with Crippen LogP contribution in [0.15, 0.2) is 41.5 Å². The Labute approximate surface area is 173 Å². The van der Waals surface area contributed by atoms with Gasteiger partial charge in [0.25, 0.3) is 0 Å². The number of benzene rings is 1. The number of hydrogen-bond donors (Lipinski definition) is 2. The fraction of sp³-hybridized carbons (Fsp3) is 0.615. The molecule has 0 spiro atoms. The van der Waals surface area contributed by atoms with Gasteiger partial charge in [-0.3, -0.25) is 0 Å². The molecule has 2 nitrogen and oxygen atoms in total. The first kappa shape index (κ1) is 19.5. The second kappa shape index (κ2) is 6.78. The van der Waals surface area contributed by atoms with E-state index in [1.807, 2.05) is 12.1 Å². The van der Waals surface area contributed by atoms with Crippen LogP contribution in [0.2, 0.25) is 0 Å². The minimum Gasteiger partial charge on any atom is -0.393 e. The van der Waals surface area contributed by atoms with Crippen LogP contribution < -0.4 is 0 Å². The van der Waals surface area contributed by atoms with Gasteiger partial charge in [0.05, 0.1) is 12.2 Å². The number of allylic oxidation sites excluding steroid dienone is 1. The molecule has 7 atom stereocenters. The van der Waals surface area contributed by atoms with Gasteiger partial charge in [0.2, 0.25) is 0 Å². The Hall–Kier alpha value is -1.45. The lowest BCUT2D eigenvalue weighted by molar-refractivity contribution is -0.0685. The molecule has 4 aliphatic carbocycles. The molecule has 0 radical (unpaired) electrons. The minimum atomic E-state index is -0.442. The minimum absolute atomic E-state index is 0.0871. The van der Waals surface area contributed by atoms with Gasteiger partial charge in [-0.2, -0.15) is 0 Å². The van der Waals surface area contributed by atoms with Crippen molar-refractivity contribution >= 4 is 6.08 Å². The quantitative estimate of drug-likeness (QED) is 0.615. The average Bonchev–Trinajstić information content (AvgIpc) is 2.93. The Kier molecular flexibility index (Phi) is 4.56. The molecule has 2 N–H and O–H groups in total. The maximum Gasteiger partial charge on any atom is 0.123 e. The SMILES string of the molecule is C[C@]12CC[C@H]3[C@@H](CC=C4C[C@H](O)CC[C@@]43C)[C@@H]1C/C(=C\c1cccc(F)c1)[C@H]2O. The summed E-state index contributed by atoms with van der Waals surface area (Å²) < 4.78 is 13.6. The number of aliphatic hydroxyl groups excluding tert-OH is 2. The van der Waals surface area contributed by atoms with Crippen LogP contribution in [0.25, 0.3) is 6.08 Å². The van der Waals surface area contributed by atoms with Gasteiger partial charge in [-0.25, -0.2) is 4.39 Å². The molecule has 0 bridgehead atoms. The summed E-state index contributed by atoms with van der Waals surface area (Å²) in [7, 11) is 0. The molecule has 1 aromatic rings. The van der Waals surface area contributed by atoms with E-state index in [4.69, 9.17) is 0 Å². The Morgan fingerprint density at radius 1 is 1.07 bits per heavy atom. The zero-order valence-corrected chi connectivity index (χ0v) is 17.6. The number of aliphatic hydroxyl groups is 2. The van der Waals surface area contributed by atoms with Gasteiger partial charge < -0.3 is 10.2 Å². The van der Waals surface area contributed by atoms with Crippen LogP contribution in [0.4, 0.5) is 4.39 Å². The molecule has 0 saturated heterocycles. The van der Waals surface area contributed by atoms with E-state index in [0.717, 1.165) is 56.1 Å². The first-order valence-corrected chi connectivity index (χ1v) is 11.3. The van der Waals surface area contributed by atoms with Crippen molar-refractivity contribution in [1.82, 2.24) is 0 Å². The van der Waals surface area contributed by atoms with Gasteiger partial charge >= 0.3 is 0 Å². The van der Waals surface area contributed by atoms with E-state index >= 15 is 0 Å². The van der Waals surface area contributed by atoms with Crippen molar-refractivity contribution in [1.29, 1.82) is 0 Å². The summed E-state index contributed by atoms with van der Waals surface area (Å²) in [5.41, 5.74) is 3.52. The van der Waals surface area contributed by atoms with Gasteiger partial charge in [0.15, 0.2) is 0 Å². The molecule has 4 aliphatic rings. The highest BCUT2D eigenvalue weighted by atomic mass is 19.1. The highest BCUT2D eigenvalue weighted by Crippen LogP contribution is 2.65.